The van der Waals surface area contributed by atoms with Crippen molar-refractivity contribution in [1.29, 1.82) is 5.26 Å². The zero-order valence-electron chi connectivity index (χ0n) is 9.79. The summed E-state index contributed by atoms with van der Waals surface area (Å²) in [5.74, 6) is 0. The molecule has 2 bridgehead atoms. The van der Waals surface area contributed by atoms with Crippen molar-refractivity contribution in [2.45, 2.75) is 56.7 Å². The van der Waals surface area contributed by atoms with Crippen LogP contribution in [-0.4, -0.2) is 36.1 Å². The lowest BCUT2D eigenvalue weighted by Crippen LogP contribution is -2.56. The molecule has 0 aromatic heterocycles. The number of fused-ring (bicyclic) bond motifs is 2. The van der Waals surface area contributed by atoms with Gasteiger partial charge in [-0.25, -0.2) is 0 Å². The van der Waals surface area contributed by atoms with Gasteiger partial charge in [0.2, 0.25) is 0 Å². The van der Waals surface area contributed by atoms with Crippen molar-refractivity contribution in [1.82, 2.24) is 10.2 Å². The van der Waals surface area contributed by atoms with Crippen LogP contribution in [0.25, 0.3) is 0 Å². The number of hydrogen-bond donors (Lipinski definition) is 1. The molecular weight excluding hydrogens is 186 g/mol. The van der Waals surface area contributed by atoms with Gasteiger partial charge < -0.3 is 4.90 Å². The minimum absolute atomic E-state index is 0.228. The van der Waals surface area contributed by atoms with E-state index in [1.165, 1.54) is 12.8 Å². The minimum Gasteiger partial charge on any atom is -0.300 e. The molecule has 0 spiro atoms. The first kappa shape index (κ1) is 10.9. The SMILES string of the molecule is CCCNC1(C#N)CC2CCC(C1)N2C. The van der Waals surface area contributed by atoms with Crippen molar-refractivity contribution in [2.24, 2.45) is 0 Å². The first-order valence-corrected chi connectivity index (χ1v) is 6.09. The van der Waals surface area contributed by atoms with E-state index in [1.54, 1.807) is 0 Å². The first-order chi connectivity index (χ1) is 7.21. The third kappa shape index (κ3) is 1.89. The van der Waals surface area contributed by atoms with Gasteiger partial charge in [-0.15, -0.1) is 0 Å². The Morgan fingerprint density at radius 1 is 1.40 bits per heavy atom. The van der Waals surface area contributed by atoms with Crippen molar-refractivity contribution in [3.63, 3.8) is 0 Å². The standard InChI is InChI=1S/C12H21N3/c1-3-6-14-12(9-13)7-10-4-5-11(8-12)15(10)2/h10-11,14H,3-8H2,1-2H3. The predicted octanol–water partition coefficient (Wildman–Crippen LogP) is 1.50. The van der Waals surface area contributed by atoms with Crippen molar-refractivity contribution < 1.29 is 0 Å². The molecule has 0 saturated carbocycles. The van der Waals surface area contributed by atoms with E-state index in [1.807, 2.05) is 0 Å². The first-order valence-electron chi connectivity index (χ1n) is 6.09. The number of piperidine rings is 1. The fraction of sp³-hybridized carbons (Fsp3) is 0.917. The van der Waals surface area contributed by atoms with Gasteiger partial charge in [-0.2, -0.15) is 5.26 Å². The second-order valence-corrected chi connectivity index (χ2v) is 5.08. The Kier molecular flexibility index (Phi) is 2.99. The van der Waals surface area contributed by atoms with Gasteiger partial charge in [0.25, 0.3) is 0 Å². The summed E-state index contributed by atoms with van der Waals surface area (Å²) >= 11 is 0. The van der Waals surface area contributed by atoms with Gasteiger partial charge in [0.1, 0.15) is 5.54 Å². The van der Waals surface area contributed by atoms with Crippen LogP contribution in [0, 0.1) is 11.3 Å². The summed E-state index contributed by atoms with van der Waals surface area (Å²) in [4.78, 5) is 2.48. The molecule has 0 aliphatic carbocycles. The van der Waals surface area contributed by atoms with Crippen molar-refractivity contribution >= 4 is 0 Å². The van der Waals surface area contributed by atoms with Gasteiger partial charge in [-0.3, -0.25) is 5.32 Å². The zero-order valence-corrected chi connectivity index (χ0v) is 9.79. The molecule has 3 nitrogen and oxygen atoms in total. The maximum Gasteiger partial charge on any atom is 0.109 e. The van der Waals surface area contributed by atoms with Gasteiger partial charge in [0.05, 0.1) is 6.07 Å². The fourth-order valence-electron chi connectivity index (χ4n) is 3.11. The molecular formula is C12H21N3. The Morgan fingerprint density at radius 3 is 2.47 bits per heavy atom. The number of nitrogens with zero attached hydrogens (tertiary/aromatic N) is 2. The molecule has 2 fully saturated rings. The molecule has 3 heteroatoms. The van der Waals surface area contributed by atoms with Gasteiger partial charge in [-0.1, -0.05) is 6.92 Å². The fourth-order valence-corrected chi connectivity index (χ4v) is 3.11. The molecule has 0 aromatic rings. The molecule has 2 rings (SSSR count). The molecule has 2 heterocycles. The van der Waals surface area contributed by atoms with Crippen LogP contribution in [0.15, 0.2) is 0 Å². The third-order valence-corrected chi connectivity index (χ3v) is 4.08. The molecule has 2 unspecified atom stereocenters. The molecule has 0 radical (unpaired) electrons. The molecule has 2 aliphatic rings. The summed E-state index contributed by atoms with van der Waals surface area (Å²) in [6.45, 7) is 3.12. The number of nitriles is 1. The molecule has 2 saturated heterocycles. The van der Waals surface area contributed by atoms with Gasteiger partial charge in [0.15, 0.2) is 0 Å². The van der Waals surface area contributed by atoms with Crippen LogP contribution in [-0.2, 0) is 0 Å². The van der Waals surface area contributed by atoms with Crippen LogP contribution in [0.3, 0.4) is 0 Å². The summed E-state index contributed by atoms with van der Waals surface area (Å²) in [6.07, 6.45) is 5.68. The van der Waals surface area contributed by atoms with E-state index in [0.717, 1.165) is 25.8 Å². The summed E-state index contributed by atoms with van der Waals surface area (Å²) in [7, 11) is 2.21. The van der Waals surface area contributed by atoms with Crippen molar-refractivity contribution in [3.05, 3.63) is 0 Å². The van der Waals surface area contributed by atoms with E-state index in [9.17, 15) is 5.26 Å². The van der Waals surface area contributed by atoms with Crippen LogP contribution < -0.4 is 5.32 Å². The van der Waals surface area contributed by atoms with E-state index >= 15 is 0 Å². The van der Waals surface area contributed by atoms with E-state index in [2.05, 4.69) is 30.3 Å². The quantitative estimate of drug-likeness (QED) is 0.762. The normalized spacial score (nSPS) is 40.3. The lowest BCUT2D eigenvalue weighted by molar-refractivity contribution is 0.119. The zero-order chi connectivity index (χ0) is 10.9. The minimum atomic E-state index is -0.228. The van der Waals surface area contributed by atoms with Gasteiger partial charge in [0, 0.05) is 12.1 Å². The largest absolute Gasteiger partial charge is 0.300 e. The Morgan fingerprint density at radius 2 is 2.00 bits per heavy atom. The highest BCUT2D eigenvalue weighted by Crippen LogP contribution is 2.39. The van der Waals surface area contributed by atoms with Crippen molar-refractivity contribution in [3.8, 4) is 6.07 Å². The average Bonchev–Trinajstić information content (AvgIpc) is 2.51. The second-order valence-electron chi connectivity index (χ2n) is 5.08. The number of rotatable bonds is 3. The highest BCUT2D eigenvalue weighted by atomic mass is 15.2. The Hall–Kier alpha value is -0.590. The van der Waals surface area contributed by atoms with Crippen LogP contribution in [0.4, 0.5) is 0 Å². The van der Waals surface area contributed by atoms with Gasteiger partial charge in [-0.05, 0) is 45.7 Å². The van der Waals surface area contributed by atoms with E-state index in [-0.39, 0.29) is 5.54 Å². The summed E-state index contributed by atoms with van der Waals surface area (Å²) in [6, 6.07) is 3.80. The summed E-state index contributed by atoms with van der Waals surface area (Å²) in [5, 5.41) is 12.9. The Bertz CT molecular complexity index is 255. The predicted molar refractivity (Wildman–Crippen MR) is 60.4 cm³/mol. The lowest BCUT2D eigenvalue weighted by atomic mass is 9.84. The molecule has 2 atom stereocenters. The summed E-state index contributed by atoms with van der Waals surface area (Å²) < 4.78 is 0. The number of hydrogen-bond acceptors (Lipinski definition) is 3. The second kappa shape index (κ2) is 4.11. The van der Waals surface area contributed by atoms with Gasteiger partial charge >= 0.3 is 0 Å². The molecule has 84 valence electrons. The topological polar surface area (TPSA) is 39.1 Å². The van der Waals surface area contributed by atoms with Crippen molar-refractivity contribution in [2.75, 3.05) is 13.6 Å². The maximum absolute atomic E-state index is 9.39. The molecule has 1 N–H and O–H groups in total. The van der Waals surface area contributed by atoms with Crippen LogP contribution in [0.1, 0.15) is 39.0 Å². The smallest absolute Gasteiger partial charge is 0.109 e. The Balaban J connectivity index is 2.07. The molecule has 2 aliphatic heterocycles. The van der Waals surface area contributed by atoms with Crippen LogP contribution in [0.2, 0.25) is 0 Å². The van der Waals surface area contributed by atoms with Crippen LogP contribution >= 0.6 is 0 Å². The summed E-state index contributed by atoms with van der Waals surface area (Å²) in [5.41, 5.74) is -0.228. The average molecular weight is 207 g/mol. The highest BCUT2D eigenvalue weighted by molar-refractivity contribution is 5.15. The molecule has 0 aromatic carbocycles. The van der Waals surface area contributed by atoms with E-state index in [0.29, 0.717) is 12.1 Å². The highest BCUT2D eigenvalue weighted by Gasteiger charge is 2.46. The molecule has 0 amide bonds. The number of nitrogens with one attached hydrogen (secondary N) is 1. The molecule has 15 heavy (non-hydrogen) atoms. The Labute approximate surface area is 92.4 Å². The van der Waals surface area contributed by atoms with E-state index in [4.69, 9.17) is 0 Å². The van der Waals surface area contributed by atoms with Crippen LogP contribution in [0.5, 0.6) is 0 Å². The lowest BCUT2D eigenvalue weighted by Gasteiger charge is -2.41. The maximum atomic E-state index is 9.39. The monoisotopic (exact) mass is 207 g/mol. The van der Waals surface area contributed by atoms with E-state index < -0.39 is 0 Å². The third-order valence-electron chi connectivity index (χ3n) is 4.08.